The predicted octanol–water partition coefficient (Wildman–Crippen LogP) is 1.53. The molecule has 0 spiro atoms. The first-order valence-electron chi connectivity index (χ1n) is 3.58. The second-order valence-electron chi connectivity index (χ2n) is 2.66. The number of carbonyl (C=O) groups excluding carboxylic acids is 1. The number of ketones is 1. The van der Waals surface area contributed by atoms with Gasteiger partial charge in [0.25, 0.3) is 0 Å². The molecular weight excluding hydrogens is 138 g/mol. The van der Waals surface area contributed by atoms with E-state index in [9.17, 15) is 4.79 Å². The minimum atomic E-state index is 0.0951. The molecule has 0 N–H and O–H groups in total. The third-order valence-electron chi connectivity index (χ3n) is 1.51. The van der Waals surface area contributed by atoms with Crippen molar-refractivity contribution in [2.45, 2.75) is 13.8 Å². The number of nitrogens with zero attached hydrogens (tertiary/aromatic N) is 1. The number of Topliss-reactive ketones (excluding diaryl/α,β-unsaturated/α-hetero) is 1. The summed E-state index contributed by atoms with van der Waals surface area (Å²) in [5.74, 6) is 0.0951. The van der Waals surface area contributed by atoms with Crippen molar-refractivity contribution in [1.82, 2.24) is 0 Å². The summed E-state index contributed by atoms with van der Waals surface area (Å²) in [6.45, 7) is 4.24. The summed E-state index contributed by atoms with van der Waals surface area (Å²) in [6.07, 6.45) is 5.32. The minimum Gasteiger partial charge on any atom is -0.295 e. The molecule has 1 aliphatic heterocycles. The van der Waals surface area contributed by atoms with Crippen molar-refractivity contribution in [2.24, 2.45) is 4.99 Å². The van der Waals surface area contributed by atoms with E-state index in [0.717, 1.165) is 11.1 Å². The highest BCUT2D eigenvalue weighted by Gasteiger charge is 2.01. The molecule has 0 atom stereocenters. The summed E-state index contributed by atoms with van der Waals surface area (Å²) < 4.78 is 0. The molecule has 0 aliphatic carbocycles. The number of hydrogen-bond donors (Lipinski definition) is 0. The summed E-state index contributed by atoms with van der Waals surface area (Å²) in [5, 5.41) is 0. The lowest BCUT2D eigenvalue weighted by molar-refractivity contribution is -0.113. The van der Waals surface area contributed by atoms with Crippen LogP contribution in [0.5, 0.6) is 0 Å². The molecule has 1 rings (SSSR count). The predicted molar refractivity (Wildman–Crippen MR) is 45.9 cm³/mol. The van der Waals surface area contributed by atoms with E-state index in [0.29, 0.717) is 6.54 Å². The molecule has 58 valence electrons. The maximum atomic E-state index is 10.9. The summed E-state index contributed by atoms with van der Waals surface area (Å²) in [4.78, 5) is 15.0. The fourth-order valence-electron chi connectivity index (χ4n) is 0.908. The molecule has 2 nitrogen and oxygen atoms in total. The molecule has 0 saturated carbocycles. The van der Waals surface area contributed by atoms with Gasteiger partial charge in [0.15, 0.2) is 5.78 Å². The van der Waals surface area contributed by atoms with Crippen LogP contribution in [0.15, 0.2) is 28.3 Å². The minimum absolute atomic E-state index is 0.0951. The molecule has 0 fully saturated rings. The first kappa shape index (κ1) is 7.92. The van der Waals surface area contributed by atoms with Crippen LogP contribution in [0.4, 0.5) is 0 Å². The van der Waals surface area contributed by atoms with Gasteiger partial charge in [-0.3, -0.25) is 9.79 Å². The lowest BCUT2D eigenvalue weighted by Gasteiger charge is -1.94. The first-order valence-corrected chi connectivity index (χ1v) is 3.58. The van der Waals surface area contributed by atoms with E-state index in [-0.39, 0.29) is 5.78 Å². The van der Waals surface area contributed by atoms with E-state index >= 15 is 0 Å². The van der Waals surface area contributed by atoms with Gasteiger partial charge in [0.05, 0.1) is 6.54 Å². The van der Waals surface area contributed by atoms with Gasteiger partial charge in [0.1, 0.15) is 0 Å². The summed E-state index contributed by atoms with van der Waals surface area (Å²) in [6, 6.07) is 0. The third kappa shape index (κ3) is 2.15. The highest BCUT2D eigenvalue weighted by atomic mass is 16.1. The monoisotopic (exact) mass is 149 g/mol. The zero-order valence-corrected chi connectivity index (χ0v) is 6.79. The first-order chi connectivity index (χ1) is 5.20. The SMILES string of the molecule is CC(=O)C1=CC=NCC(C)=C1. The van der Waals surface area contributed by atoms with Gasteiger partial charge >= 0.3 is 0 Å². The fraction of sp³-hybridized carbons (Fsp3) is 0.333. The number of hydrogen-bond acceptors (Lipinski definition) is 2. The summed E-state index contributed by atoms with van der Waals surface area (Å²) >= 11 is 0. The number of rotatable bonds is 1. The van der Waals surface area contributed by atoms with Crippen molar-refractivity contribution in [1.29, 1.82) is 0 Å². The van der Waals surface area contributed by atoms with Crippen molar-refractivity contribution in [2.75, 3.05) is 6.54 Å². The van der Waals surface area contributed by atoms with Crippen LogP contribution < -0.4 is 0 Å². The van der Waals surface area contributed by atoms with Gasteiger partial charge in [0.2, 0.25) is 0 Å². The van der Waals surface area contributed by atoms with Crippen molar-refractivity contribution in [3.8, 4) is 0 Å². The van der Waals surface area contributed by atoms with Crippen molar-refractivity contribution in [3.63, 3.8) is 0 Å². The normalized spacial score (nSPS) is 16.9. The molecule has 1 aliphatic rings. The quantitative estimate of drug-likeness (QED) is 0.556. The highest BCUT2D eigenvalue weighted by Crippen LogP contribution is 2.06. The van der Waals surface area contributed by atoms with Gasteiger partial charge in [-0.25, -0.2) is 0 Å². The standard InChI is InChI=1S/C9H11NO/c1-7-5-9(8(2)11)3-4-10-6-7/h3-5H,6H2,1-2H3. The molecule has 0 aromatic carbocycles. The van der Waals surface area contributed by atoms with Gasteiger partial charge in [0, 0.05) is 11.8 Å². The van der Waals surface area contributed by atoms with E-state index in [4.69, 9.17) is 0 Å². The van der Waals surface area contributed by atoms with E-state index in [1.807, 2.05) is 13.0 Å². The Labute approximate surface area is 66.3 Å². The fourth-order valence-corrected chi connectivity index (χ4v) is 0.908. The molecule has 0 bridgehead atoms. The average Bonchev–Trinajstić information content (AvgIpc) is 2.13. The molecule has 0 aromatic heterocycles. The number of carbonyl (C=O) groups is 1. The molecule has 0 radical (unpaired) electrons. The van der Waals surface area contributed by atoms with E-state index in [2.05, 4.69) is 4.99 Å². The Morgan fingerprint density at radius 3 is 3.00 bits per heavy atom. The average molecular weight is 149 g/mol. The summed E-state index contributed by atoms with van der Waals surface area (Å²) in [5.41, 5.74) is 1.86. The van der Waals surface area contributed by atoms with Gasteiger partial charge in [-0.1, -0.05) is 11.6 Å². The number of aliphatic imine (C=N–C) groups is 1. The molecule has 2 heteroatoms. The van der Waals surface area contributed by atoms with Crippen LogP contribution in [0, 0.1) is 0 Å². The lowest BCUT2D eigenvalue weighted by Crippen LogP contribution is -1.93. The van der Waals surface area contributed by atoms with Crippen LogP contribution in [0.1, 0.15) is 13.8 Å². The van der Waals surface area contributed by atoms with Crippen molar-refractivity contribution >= 4 is 12.0 Å². The maximum absolute atomic E-state index is 10.9. The van der Waals surface area contributed by atoms with Gasteiger partial charge in [-0.15, -0.1) is 0 Å². The third-order valence-corrected chi connectivity index (χ3v) is 1.51. The lowest BCUT2D eigenvalue weighted by atomic mass is 10.1. The molecule has 0 amide bonds. The smallest absolute Gasteiger partial charge is 0.159 e. The Hall–Kier alpha value is -1.18. The largest absolute Gasteiger partial charge is 0.295 e. The van der Waals surface area contributed by atoms with E-state index in [1.54, 1.807) is 19.2 Å². The van der Waals surface area contributed by atoms with E-state index < -0.39 is 0 Å². The molecule has 0 saturated heterocycles. The Kier molecular flexibility index (Phi) is 2.36. The number of allylic oxidation sites excluding steroid dienone is 3. The van der Waals surface area contributed by atoms with E-state index in [1.165, 1.54) is 0 Å². The van der Waals surface area contributed by atoms with Crippen LogP contribution >= 0.6 is 0 Å². The maximum Gasteiger partial charge on any atom is 0.159 e. The molecule has 0 aromatic rings. The Balaban J connectivity index is 2.93. The van der Waals surface area contributed by atoms with Crippen molar-refractivity contribution < 1.29 is 4.79 Å². The van der Waals surface area contributed by atoms with Crippen LogP contribution in [0.3, 0.4) is 0 Å². The molecule has 1 heterocycles. The Morgan fingerprint density at radius 2 is 2.36 bits per heavy atom. The van der Waals surface area contributed by atoms with Gasteiger partial charge in [-0.05, 0) is 19.9 Å². The van der Waals surface area contributed by atoms with Crippen LogP contribution in [0.2, 0.25) is 0 Å². The zero-order valence-electron chi connectivity index (χ0n) is 6.79. The topological polar surface area (TPSA) is 29.4 Å². The van der Waals surface area contributed by atoms with Gasteiger partial charge < -0.3 is 0 Å². The van der Waals surface area contributed by atoms with Crippen LogP contribution in [-0.4, -0.2) is 18.5 Å². The molecule has 11 heavy (non-hydrogen) atoms. The van der Waals surface area contributed by atoms with Crippen LogP contribution in [-0.2, 0) is 4.79 Å². The van der Waals surface area contributed by atoms with Gasteiger partial charge in [-0.2, -0.15) is 0 Å². The Bertz CT molecular complexity index is 259. The highest BCUT2D eigenvalue weighted by molar-refractivity contribution is 6.00. The zero-order chi connectivity index (χ0) is 8.27. The second kappa shape index (κ2) is 3.28. The second-order valence-corrected chi connectivity index (χ2v) is 2.66. The molecular formula is C9H11NO. The molecule has 0 unspecified atom stereocenters. The van der Waals surface area contributed by atoms with Crippen LogP contribution in [0.25, 0.3) is 0 Å². The Morgan fingerprint density at radius 1 is 1.64 bits per heavy atom. The summed E-state index contributed by atoms with van der Waals surface area (Å²) in [7, 11) is 0. The van der Waals surface area contributed by atoms with Crippen molar-refractivity contribution in [3.05, 3.63) is 23.3 Å².